The number of phenolic OH excluding ortho intramolecular Hbond substituents is 1. The molecule has 0 aliphatic heterocycles. The second-order valence-corrected chi connectivity index (χ2v) is 7.87. The molecule has 29 heavy (non-hydrogen) atoms. The molecule has 8 nitrogen and oxygen atoms in total. The van der Waals surface area contributed by atoms with Crippen molar-refractivity contribution < 1.29 is 10.2 Å². The van der Waals surface area contributed by atoms with Crippen molar-refractivity contribution in [2.75, 3.05) is 10.6 Å². The Bertz CT molecular complexity index is 999. The Labute approximate surface area is 175 Å². The van der Waals surface area contributed by atoms with Crippen LogP contribution < -0.4 is 10.6 Å². The summed E-state index contributed by atoms with van der Waals surface area (Å²) in [7, 11) is 0. The van der Waals surface area contributed by atoms with Gasteiger partial charge in [-0.05, 0) is 33.3 Å². The van der Waals surface area contributed by atoms with E-state index in [2.05, 4.69) is 25.6 Å². The molecule has 0 aliphatic carbocycles. The minimum Gasteiger partial charge on any atom is -0.506 e. The Morgan fingerprint density at radius 2 is 2.00 bits per heavy atom. The zero-order valence-electron chi connectivity index (χ0n) is 17.1. The largest absolute Gasteiger partial charge is 0.506 e. The minimum absolute atomic E-state index is 0.0393. The number of phenols is 1. The summed E-state index contributed by atoms with van der Waals surface area (Å²) in [5.41, 5.74) is 1.04. The van der Waals surface area contributed by atoms with Gasteiger partial charge in [0.2, 0.25) is 5.95 Å². The third-order valence-electron chi connectivity index (χ3n) is 4.89. The third kappa shape index (κ3) is 4.54. The van der Waals surface area contributed by atoms with Crippen LogP contribution in [0.1, 0.15) is 39.7 Å². The first-order valence-corrected chi connectivity index (χ1v) is 10.0. The molecule has 0 amide bonds. The molecule has 0 radical (unpaired) electrons. The molecule has 0 spiro atoms. The van der Waals surface area contributed by atoms with E-state index < -0.39 is 5.60 Å². The maximum absolute atomic E-state index is 10.4. The third-order valence-corrected chi connectivity index (χ3v) is 5.19. The molecule has 3 rings (SSSR count). The van der Waals surface area contributed by atoms with Crippen molar-refractivity contribution in [3.8, 4) is 5.75 Å². The molecule has 1 unspecified atom stereocenters. The van der Waals surface area contributed by atoms with Gasteiger partial charge in [-0.1, -0.05) is 30.7 Å². The number of aryl methyl sites for hydroxylation is 1. The van der Waals surface area contributed by atoms with Gasteiger partial charge >= 0.3 is 0 Å². The lowest BCUT2D eigenvalue weighted by molar-refractivity contribution is 0.0577. The highest BCUT2D eigenvalue weighted by atomic mass is 35.5. The second-order valence-electron chi connectivity index (χ2n) is 7.46. The number of nitrogens with one attached hydrogen (secondary N) is 2. The molecule has 1 atom stereocenters. The fourth-order valence-electron chi connectivity index (χ4n) is 3.18. The number of rotatable bonds is 8. The highest BCUT2D eigenvalue weighted by Crippen LogP contribution is 2.29. The summed E-state index contributed by atoms with van der Waals surface area (Å²) in [6, 6.07) is 4.98. The lowest BCUT2D eigenvalue weighted by Gasteiger charge is -2.29. The van der Waals surface area contributed by atoms with Crippen LogP contribution in [0.4, 0.5) is 11.8 Å². The van der Waals surface area contributed by atoms with Crippen LogP contribution in [-0.4, -0.2) is 41.4 Å². The van der Waals surface area contributed by atoms with E-state index in [-0.39, 0.29) is 11.8 Å². The number of halogens is 1. The van der Waals surface area contributed by atoms with E-state index in [9.17, 15) is 10.2 Å². The van der Waals surface area contributed by atoms with Gasteiger partial charge in [0.15, 0.2) is 17.0 Å². The molecule has 4 N–H and O–H groups in total. The predicted molar refractivity (Wildman–Crippen MR) is 115 cm³/mol. The van der Waals surface area contributed by atoms with E-state index in [1.807, 2.05) is 18.4 Å². The molecule has 2 aromatic heterocycles. The summed E-state index contributed by atoms with van der Waals surface area (Å²) in [5.74, 6) is 0.978. The number of hydrogen-bond donors (Lipinski definition) is 4. The molecule has 3 aromatic rings. The predicted octanol–water partition coefficient (Wildman–Crippen LogP) is 3.78. The summed E-state index contributed by atoms with van der Waals surface area (Å²) >= 11 is 6.00. The van der Waals surface area contributed by atoms with E-state index in [1.165, 1.54) is 0 Å². The number of hydrogen-bond acceptors (Lipinski definition) is 7. The number of nitrogens with zero attached hydrogens (tertiary/aromatic N) is 4. The Morgan fingerprint density at radius 3 is 2.66 bits per heavy atom. The maximum Gasteiger partial charge on any atom is 0.227 e. The van der Waals surface area contributed by atoms with Gasteiger partial charge < -0.3 is 25.4 Å². The number of para-hydroxylation sites is 1. The van der Waals surface area contributed by atoms with E-state index in [0.717, 1.165) is 0 Å². The number of fused-ring (bicyclic) bond motifs is 1. The summed E-state index contributed by atoms with van der Waals surface area (Å²) < 4.78 is 1.93. The van der Waals surface area contributed by atoms with Gasteiger partial charge in [0.25, 0.3) is 0 Å². The molecule has 0 fully saturated rings. The normalized spacial score (nSPS) is 12.9. The van der Waals surface area contributed by atoms with Crippen LogP contribution in [0.15, 0.2) is 24.5 Å². The molecular weight excluding hydrogens is 392 g/mol. The van der Waals surface area contributed by atoms with E-state index in [0.29, 0.717) is 53.0 Å². The summed E-state index contributed by atoms with van der Waals surface area (Å²) in [4.78, 5) is 13.6. The van der Waals surface area contributed by atoms with E-state index in [4.69, 9.17) is 11.6 Å². The Balaban J connectivity index is 1.96. The average molecular weight is 419 g/mol. The lowest BCUT2D eigenvalue weighted by atomic mass is 9.97. The molecule has 2 heterocycles. The van der Waals surface area contributed by atoms with Crippen LogP contribution in [0.5, 0.6) is 5.75 Å². The number of anilines is 2. The molecule has 0 saturated carbocycles. The van der Waals surface area contributed by atoms with Gasteiger partial charge in [0, 0.05) is 18.7 Å². The van der Waals surface area contributed by atoms with Crippen molar-refractivity contribution in [2.45, 2.75) is 58.8 Å². The highest BCUT2D eigenvalue weighted by Gasteiger charge is 2.26. The van der Waals surface area contributed by atoms with Crippen molar-refractivity contribution in [1.29, 1.82) is 0 Å². The van der Waals surface area contributed by atoms with Crippen molar-refractivity contribution in [3.63, 3.8) is 0 Å². The van der Waals surface area contributed by atoms with Crippen LogP contribution in [0.25, 0.3) is 11.2 Å². The van der Waals surface area contributed by atoms with Gasteiger partial charge in [0.05, 0.1) is 23.0 Å². The van der Waals surface area contributed by atoms with Gasteiger partial charge in [-0.25, -0.2) is 4.98 Å². The first kappa shape index (κ1) is 21.1. The Morgan fingerprint density at radius 1 is 1.24 bits per heavy atom. The van der Waals surface area contributed by atoms with Crippen LogP contribution in [0, 0.1) is 0 Å². The molecule has 0 aliphatic rings. The van der Waals surface area contributed by atoms with Gasteiger partial charge in [-0.15, -0.1) is 0 Å². The van der Waals surface area contributed by atoms with Crippen LogP contribution in [-0.2, 0) is 13.1 Å². The number of aromatic hydroxyl groups is 1. The highest BCUT2D eigenvalue weighted by molar-refractivity contribution is 6.32. The van der Waals surface area contributed by atoms with Crippen molar-refractivity contribution in [1.82, 2.24) is 19.5 Å². The number of aromatic nitrogens is 4. The fraction of sp³-hybridized carbons (Fsp3) is 0.450. The maximum atomic E-state index is 10.4. The molecule has 0 bridgehead atoms. The topological polar surface area (TPSA) is 108 Å². The lowest BCUT2D eigenvalue weighted by Crippen LogP contribution is -2.41. The van der Waals surface area contributed by atoms with Gasteiger partial charge in [-0.3, -0.25) is 0 Å². The Kier molecular flexibility index (Phi) is 6.14. The van der Waals surface area contributed by atoms with E-state index in [1.54, 1.807) is 38.4 Å². The first-order valence-electron chi connectivity index (χ1n) is 9.66. The van der Waals surface area contributed by atoms with Crippen molar-refractivity contribution >= 4 is 34.5 Å². The first-order chi connectivity index (χ1) is 13.7. The summed E-state index contributed by atoms with van der Waals surface area (Å²) in [6.45, 7) is 8.54. The quantitative estimate of drug-likeness (QED) is 0.440. The number of benzene rings is 1. The van der Waals surface area contributed by atoms with Crippen LogP contribution in [0.2, 0.25) is 5.02 Å². The molecule has 156 valence electrons. The zero-order valence-corrected chi connectivity index (χ0v) is 17.8. The van der Waals surface area contributed by atoms with Gasteiger partial charge in [0.1, 0.15) is 5.75 Å². The summed E-state index contributed by atoms with van der Waals surface area (Å²) in [6.07, 6.45) is 2.43. The SMILES string of the molecule is CCC(Nc1nc(NCc2cccc(Cl)c2O)c2ncn(CC)c2n1)C(C)(C)O. The standard InChI is InChI=1S/C20H27ClN6O2/c1-5-14(20(3,4)29)24-19-25-17(15-18(26-19)27(6-2)11-23-15)22-10-12-8-7-9-13(21)16(12)28/h7-9,11,14,28-29H,5-6,10H2,1-4H3,(H2,22,24,25,26). The monoisotopic (exact) mass is 418 g/mol. The van der Waals surface area contributed by atoms with Crippen LogP contribution in [0.3, 0.4) is 0 Å². The van der Waals surface area contributed by atoms with E-state index >= 15 is 0 Å². The number of imidazole rings is 1. The molecule has 0 saturated heterocycles. The van der Waals surface area contributed by atoms with Crippen molar-refractivity contribution in [3.05, 3.63) is 35.1 Å². The smallest absolute Gasteiger partial charge is 0.227 e. The van der Waals surface area contributed by atoms with Gasteiger partial charge in [-0.2, -0.15) is 9.97 Å². The zero-order chi connectivity index (χ0) is 21.2. The Hall–Kier alpha value is -2.58. The summed E-state index contributed by atoms with van der Waals surface area (Å²) in [5, 5.41) is 27.3. The number of aliphatic hydroxyl groups is 1. The van der Waals surface area contributed by atoms with Crippen LogP contribution >= 0.6 is 11.6 Å². The molecule has 9 heteroatoms. The molecular formula is C20H27ClN6O2. The average Bonchev–Trinajstić information content (AvgIpc) is 3.09. The van der Waals surface area contributed by atoms with Crippen molar-refractivity contribution in [2.24, 2.45) is 0 Å². The second kappa shape index (κ2) is 8.42. The molecule has 1 aromatic carbocycles. The minimum atomic E-state index is -0.932. The fourth-order valence-corrected chi connectivity index (χ4v) is 3.37.